The monoisotopic (exact) mass is 508 g/mol. The van der Waals surface area contributed by atoms with Crippen LogP contribution < -0.4 is 10.6 Å². The number of alkyl halides is 3. The van der Waals surface area contributed by atoms with Crippen LogP contribution in [0.5, 0.6) is 0 Å². The van der Waals surface area contributed by atoms with Crippen molar-refractivity contribution in [3.8, 4) is 0 Å². The number of hydrogen-bond acceptors (Lipinski definition) is 4. The summed E-state index contributed by atoms with van der Waals surface area (Å²) in [7, 11) is 0. The van der Waals surface area contributed by atoms with Gasteiger partial charge in [0.2, 0.25) is 5.95 Å². The van der Waals surface area contributed by atoms with Gasteiger partial charge in [-0.15, -0.1) is 6.54 Å². The highest BCUT2D eigenvalue weighted by molar-refractivity contribution is 5.95. The van der Waals surface area contributed by atoms with Crippen LogP contribution in [0.4, 0.5) is 29.2 Å². The molecule has 2 aliphatic rings. The number of hydrogen-bond donors (Lipinski definition) is 2. The van der Waals surface area contributed by atoms with Crippen LogP contribution >= 0.6 is 0 Å². The lowest BCUT2D eigenvalue weighted by Gasteiger charge is -2.22. The number of nitrogens with zero attached hydrogens (tertiary/aromatic N) is 2. The number of carbonyl (C=O) groups is 1. The molecular weight excluding hydrogens is 474 g/mol. The molecule has 4 rings (SSSR count). The molecule has 2 fully saturated rings. The Labute approximate surface area is 209 Å². The summed E-state index contributed by atoms with van der Waals surface area (Å²) in [5.74, 6) is -0.748. The molecule has 1 aromatic heterocycles. The van der Waals surface area contributed by atoms with Crippen molar-refractivity contribution in [3.05, 3.63) is 53.3 Å². The number of nitrogens with one attached hydrogen (secondary N) is 3. The first-order chi connectivity index (χ1) is 17.3. The van der Waals surface area contributed by atoms with Crippen LogP contribution in [0.1, 0.15) is 80.3 Å². The van der Waals surface area contributed by atoms with Crippen molar-refractivity contribution in [1.82, 2.24) is 15.3 Å². The van der Waals surface area contributed by atoms with Crippen molar-refractivity contribution >= 4 is 17.5 Å². The van der Waals surface area contributed by atoms with E-state index in [1.165, 1.54) is 50.3 Å². The van der Waals surface area contributed by atoms with Gasteiger partial charge in [-0.1, -0.05) is 63.4 Å². The highest BCUT2D eigenvalue weighted by Gasteiger charge is 2.38. The normalized spacial score (nSPS) is 17.1. The summed E-state index contributed by atoms with van der Waals surface area (Å²) in [6.07, 6.45) is 8.02. The number of carbonyl (C=O) groups excluding carboxylic acids is 1. The second-order valence-electron chi connectivity index (χ2n) is 9.51. The lowest BCUT2D eigenvalue weighted by Crippen LogP contribution is -2.32. The number of benzene rings is 1. The number of amides is 1. The minimum absolute atomic E-state index is 0.197. The van der Waals surface area contributed by atoms with E-state index >= 15 is 0 Å². The largest absolute Gasteiger partial charge is 0.677 e. The van der Waals surface area contributed by atoms with E-state index in [0.29, 0.717) is 13.1 Å². The van der Waals surface area contributed by atoms with Gasteiger partial charge in [0.15, 0.2) is 5.69 Å². The van der Waals surface area contributed by atoms with Crippen LogP contribution in [0.15, 0.2) is 30.5 Å². The molecule has 0 atom stereocenters. The van der Waals surface area contributed by atoms with Gasteiger partial charge in [-0.25, -0.2) is 14.4 Å². The summed E-state index contributed by atoms with van der Waals surface area (Å²) in [6.45, 7) is 0.999. The van der Waals surface area contributed by atoms with Crippen molar-refractivity contribution in [3.63, 3.8) is 0 Å². The minimum atomic E-state index is -4.83. The lowest BCUT2D eigenvalue weighted by atomic mass is 9.89. The Bertz CT molecular complexity index is 973. The second kappa shape index (κ2) is 13.5. The number of aromatic nitrogens is 2. The van der Waals surface area contributed by atoms with E-state index in [4.69, 9.17) is 5.73 Å². The van der Waals surface area contributed by atoms with E-state index in [2.05, 4.69) is 20.6 Å². The van der Waals surface area contributed by atoms with Crippen LogP contribution in [-0.4, -0.2) is 29.0 Å². The highest BCUT2D eigenvalue weighted by Crippen LogP contribution is 2.31. The maximum atomic E-state index is 13.4. The molecule has 6 nitrogen and oxygen atoms in total. The molecule has 0 spiro atoms. The first kappa shape index (κ1) is 27.8. The van der Waals surface area contributed by atoms with Crippen molar-refractivity contribution in [2.75, 3.05) is 18.4 Å². The summed E-state index contributed by atoms with van der Waals surface area (Å²) < 4.78 is 53.5. The van der Waals surface area contributed by atoms with Crippen LogP contribution in [0.25, 0.3) is 5.73 Å². The predicted molar refractivity (Wildman–Crippen MR) is 131 cm³/mol. The fraction of sp³-hybridized carbons (Fsp3) is 0.577. The summed E-state index contributed by atoms with van der Waals surface area (Å²) >= 11 is 0. The van der Waals surface area contributed by atoms with Crippen molar-refractivity contribution in [2.45, 2.75) is 70.4 Å². The molecule has 1 heterocycles. The summed E-state index contributed by atoms with van der Waals surface area (Å²) in [5, 5.41) is 5.08. The number of anilines is 2. The van der Waals surface area contributed by atoms with Crippen LogP contribution in [0.2, 0.25) is 0 Å². The maximum absolute atomic E-state index is 13.4. The van der Waals surface area contributed by atoms with E-state index in [1.54, 1.807) is 0 Å². The zero-order valence-electron chi connectivity index (χ0n) is 20.3. The van der Waals surface area contributed by atoms with Gasteiger partial charge < -0.3 is 16.4 Å². The van der Waals surface area contributed by atoms with Crippen LogP contribution in [-0.2, 0) is 6.18 Å². The van der Waals surface area contributed by atoms with Gasteiger partial charge >= 0.3 is 6.18 Å². The molecule has 3 N–H and O–H groups in total. The van der Waals surface area contributed by atoms with Crippen molar-refractivity contribution in [1.29, 1.82) is 0 Å². The molecule has 0 aliphatic heterocycles. The topological polar surface area (TPSA) is 90.7 Å². The van der Waals surface area contributed by atoms with E-state index < -0.39 is 29.2 Å². The Kier molecular flexibility index (Phi) is 10.5. The molecule has 0 radical (unpaired) electrons. The average Bonchev–Trinajstić information content (AvgIpc) is 2.88. The van der Waals surface area contributed by atoms with Gasteiger partial charge in [0.05, 0.1) is 5.56 Å². The molecule has 0 bridgehead atoms. The van der Waals surface area contributed by atoms with Gasteiger partial charge in [-0.05, 0) is 37.0 Å². The molecule has 2 saturated carbocycles. The van der Waals surface area contributed by atoms with E-state index in [9.17, 15) is 22.4 Å². The minimum Gasteiger partial charge on any atom is -0.677 e. The Balaban J connectivity index is 0.000000383. The summed E-state index contributed by atoms with van der Waals surface area (Å²) in [6, 6.07) is 5.16. The molecule has 36 heavy (non-hydrogen) atoms. The quantitative estimate of drug-likeness (QED) is 0.400. The third kappa shape index (κ3) is 8.72. The van der Waals surface area contributed by atoms with Crippen molar-refractivity contribution in [2.24, 2.45) is 11.8 Å². The van der Waals surface area contributed by atoms with Gasteiger partial charge in [0.25, 0.3) is 5.91 Å². The summed E-state index contributed by atoms with van der Waals surface area (Å²) in [4.78, 5) is 19.6. The Morgan fingerprint density at radius 2 is 1.64 bits per heavy atom. The second-order valence-corrected chi connectivity index (χ2v) is 9.51. The highest BCUT2D eigenvalue weighted by atomic mass is 19.4. The molecule has 0 saturated heterocycles. The van der Waals surface area contributed by atoms with E-state index in [1.807, 2.05) is 0 Å². The SMILES string of the molecule is O=C(NCC1CCCCC1)c1cnc(Nc2cccc(F)c2)nc1C(F)(F)F.[NH-]CC1CCCCC1. The van der Waals surface area contributed by atoms with E-state index in [0.717, 1.165) is 50.3 Å². The molecule has 198 valence electrons. The van der Waals surface area contributed by atoms with Gasteiger partial charge in [0, 0.05) is 18.4 Å². The summed E-state index contributed by atoms with van der Waals surface area (Å²) in [5.41, 5.74) is 5.33. The third-order valence-electron chi connectivity index (χ3n) is 6.67. The Morgan fingerprint density at radius 3 is 2.19 bits per heavy atom. The first-order valence-electron chi connectivity index (χ1n) is 12.7. The number of halogens is 4. The van der Waals surface area contributed by atoms with Gasteiger partial charge in [-0.3, -0.25) is 4.79 Å². The first-order valence-corrected chi connectivity index (χ1v) is 12.7. The maximum Gasteiger partial charge on any atom is 0.434 e. The molecule has 2 aliphatic carbocycles. The Hall–Kier alpha value is -2.75. The number of rotatable bonds is 6. The third-order valence-corrected chi connectivity index (χ3v) is 6.67. The van der Waals surface area contributed by atoms with Gasteiger partial charge in [-0.2, -0.15) is 13.2 Å². The Morgan fingerprint density at radius 1 is 1.00 bits per heavy atom. The van der Waals surface area contributed by atoms with Gasteiger partial charge in [0.1, 0.15) is 5.82 Å². The fourth-order valence-electron chi connectivity index (χ4n) is 4.63. The molecule has 1 aromatic carbocycles. The molecule has 10 heteroatoms. The van der Waals surface area contributed by atoms with Crippen molar-refractivity contribution < 1.29 is 22.4 Å². The van der Waals surface area contributed by atoms with E-state index in [-0.39, 0.29) is 17.6 Å². The predicted octanol–water partition coefficient (Wildman–Crippen LogP) is 7.31. The lowest BCUT2D eigenvalue weighted by molar-refractivity contribution is -0.141. The van der Waals surface area contributed by atoms with Crippen LogP contribution in [0, 0.1) is 17.7 Å². The molecular formula is C26H34F4N5O-. The van der Waals surface area contributed by atoms with Crippen LogP contribution in [0.3, 0.4) is 0 Å². The zero-order chi connectivity index (χ0) is 26.0. The fourth-order valence-corrected chi connectivity index (χ4v) is 4.63. The average molecular weight is 509 g/mol. The molecule has 2 aromatic rings. The smallest absolute Gasteiger partial charge is 0.434 e. The standard InChI is InChI=1S/C19H20F4N4O.C7H14N/c20-13-7-4-8-14(9-13)26-18-25-11-15(16(27-18)19(21,22)23)17(28)24-10-12-5-2-1-3-6-12;8-6-7-4-2-1-3-5-7/h4,7-9,11-12H,1-3,5-6,10H2,(H,24,28)(H,25,26,27);7-8H,1-6H2/q;-1. The molecule has 0 unspecified atom stereocenters. The molecule has 1 amide bonds. The zero-order valence-corrected chi connectivity index (χ0v) is 20.3.